The highest BCUT2D eigenvalue weighted by Gasteiger charge is 2.11. The lowest BCUT2D eigenvalue weighted by Crippen LogP contribution is -2.16. The third-order valence-electron chi connectivity index (χ3n) is 2.64. The average molecular weight is 304 g/mol. The fourth-order valence-corrected chi connectivity index (χ4v) is 2.31. The molecule has 0 aliphatic heterocycles. The predicted octanol–water partition coefficient (Wildman–Crippen LogP) is 4.92. The van der Waals surface area contributed by atoms with Crippen molar-refractivity contribution in [2.75, 3.05) is 6.54 Å². The highest BCUT2D eigenvalue weighted by atomic mass is 35.5. The Labute approximate surface area is 126 Å². The van der Waals surface area contributed by atoms with E-state index in [1.54, 1.807) is 0 Å². The van der Waals surface area contributed by atoms with Gasteiger partial charge in [-0.15, -0.1) is 0 Å². The van der Waals surface area contributed by atoms with Crippen molar-refractivity contribution < 1.29 is 4.74 Å². The van der Waals surface area contributed by atoms with Crippen molar-refractivity contribution in [3.8, 4) is 5.75 Å². The molecule has 0 fully saturated rings. The summed E-state index contributed by atoms with van der Waals surface area (Å²) in [5.74, 6) is 1.28. The third kappa shape index (κ3) is 6.03. The lowest BCUT2D eigenvalue weighted by molar-refractivity contribution is 0.242. The Morgan fingerprint density at radius 1 is 1.11 bits per heavy atom. The van der Waals surface area contributed by atoms with Crippen LogP contribution in [0, 0.1) is 5.92 Å². The molecule has 0 aromatic heterocycles. The van der Waals surface area contributed by atoms with Gasteiger partial charge in [0.2, 0.25) is 0 Å². The zero-order valence-corrected chi connectivity index (χ0v) is 13.6. The molecular weight excluding hydrogens is 281 g/mol. The van der Waals surface area contributed by atoms with Gasteiger partial charge >= 0.3 is 0 Å². The van der Waals surface area contributed by atoms with Gasteiger partial charge in [0, 0.05) is 6.54 Å². The molecule has 0 bridgehead atoms. The fraction of sp³-hybridized carbons (Fsp3) is 0.600. The van der Waals surface area contributed by atoms with E-state index < -0.39 is 0 Å². The van der Waals surface area contributed by atoms with Crippen molar-refractivity contribution in [1.82, 2.24) is 5.32 Å². The van der Waals surface area contributed by atoms with Crippen LogP contribution in [-0.2, 0) is 6.54 Å². The number of benzene rings is 1. The van der Waals surface area contributed by atoms with Gasteiger partial charge in [0.15, 0.2) is 5.75 Å². The second-order valence-corrected chi connectivity index (χ2v) is 6.23. The second kappa shape index (κ2) is 7.98. The van der Waals surface area contributed by atoms with Crippen LogP contribution in [0.5, 0.6) is 5.75 Å². The molecule has 0 radical (unpaired) electrons. The summed E-state index contributed by atoms with van der Waals surface area (Å²) in [5, 5.41) is 4.53. The van der Waals surface area contributed by atoms with E-state index >= 15 is 0 Å². The molecule has 0 aliphatic carbocycles. The van der Waals surface area contributed by atoms with Gasteiger partial charge in [0.05, 0.1) is 16.1 Å². The summed E-state index contributed by atoms with van der Waals surface area (Å²) in [7, 11) is 0. The molecule has 0 spiro atoms. The summed E-state index contributed by atoms with van der Waals surface area (Å²) in [5.41, 5.74) is 1.08. The van der Waals surface area contributed by atoms with Crippen LogP contribution in [0.3, 0.4) is 0 Å². The van der Waals surface area contributed by atoms with Crippen molar-refractivity contribution in [3.05, 3.63) is 27.7 Å². The fourth-order valence-electron chi connectivity index (χ4n) is 1.69. The number of halogens is 2. The number of nitrogens with one attached hydrogen (secondary N) is 1. The highest BCUT2D eigenvalue weighted by molar-refractivity contribution is 6.37. The van der Waals surface area contributed by atoms with Crippen LogP contribution in [0.4, 0.5) is 0 Å². The van der Waals surface area contributed by atoms with Crippen molar-refractivity contribution in [2.45, 2.75) is 46.8 Å². The van der Waals surface area contributed by atoms with Crippen LogP contribution in [0.1, 0.15) is 39.7 Å². The third-order valence-corrected chi connectivity index (χ3v) is 3.20. The summed E-state index contributed by atoms with van der Waals surface area (Å²) in [6.45, 7) is 10.1. The van der Waals surface area contributed by atoms with Gasteiger partial charge in [-0.1, -0.05) is 37.0 Å². The van der Waals surface area contributed by atoms with E-state index in [-0.39, 0.29) is 6.10 Å². The molecule has 1 aromatic carbocycles. The molecule has 0 saturated carbocycles. The van der Waals surface area contributed by atoms with E-state index in [9.17, 15) is 0 Å². The molecule has 0 heterocycles. The van der Waals surface area contributed by atoms with Gasteiger partial charge in [0.25, 0.3) is 0 Å². The molecule has 0 amide bonds. The quantitative estimate of drug-likeness (QED) is 0.722. The Hall–Kier alpha value is -0.440. The standard InChI is InChI=1S/C15H23Cl2NO/c1-10(2)5-6-18-9-12-7-13(16)15(14(17)8-12)19-11(3)4/h7-8,10-11,18H,5-6,9H2,1-4H3. The molecule has 2 nitrogen and oxygen atoms in total. The molecule has 19 heavy (non-hydrogen) atoms. The van der Waals surface area contributed by atoms with Gasteiger partial charge in [-0.3, -0.25) is 0 Å². The maximum atomic E-state index is 6.20. The van der Waals surface area contributed by atoms with Crippen molar-refractivity contribution >= 4 is 23.2 Å². The molecule has 4 heteroatoms. The van der Waals surface area contributed by atoms with Crippen LogP contribution >= 0.6 is 23.2 Å². The van der Waals surface area contributed by atoms with E-state index in [1.165, 1.54) is 0 Å². The maximum absolute atomic E-state index is 6.20. The van der Waals surface area contributed by atoms with E-state index in [1.807, 2.05) is 26.0 Å². The van der Waals surface area contributed by atoms with Gasteiger partial charge in [-0.05, 0) is 50.4 Å². The number of ether oxygens (including phenoxy) is 1. The topological polar surface area (TPSA) is 21.3 Å². The number of hydrogen-bond donors (Lipinski definition) is 1. The van der Waals surface area contributed by atoms with Crippen molar-refractivity contribution in [3.63, 3.8) is 0 Å². The van der Waals surface area contributed by atoms with Gasteiger partial charge in [0.1, 0.15) is 0 Å². The molecule has 108 valence electrons. The molecule has 0 aliphatic rings. The first-order valence-corrected chi connectivity index (χ1v) is 7.51. The number of rotatable bonds is 7. The largest absolute Gasteiger partial charge is 0.488 e. The Morgan fingerprint density at radius 3 is 2.16 bits per heavy atom. The molecule has 1 aromatic rings. The maximum Gasteiger partial charge on any atom is 0.156 e. The van der Waals surface area contributed by atoms with Crippen molar-refractivity contribution in [2.24, 2.45) is 5.92 Å². The minimum atomic E-state index is 0.0602. The molecular formula is C15H23Cl2NO. The van der Waals surface area contributed by atoms with Crippen LogP contribution in [0.25, 0.3) is 0 Å². The Morgan fingerprint density at radius 2 is 1.68 bits per heavy atom. The summed E-state index contributed by atoms with van der Waals surface area (Å²) < 4.78 is 5.60. The Bertz CT molecular complexity index is 382. The lowest BCUT2D eigenvalue weighted by Gasteiger charge is -2.14. The van der Waals surface area contributed by atoms with E-state index in [0.717, 1.165) is 25.1 Å². The normalized spacial score (nSPS) is 11.4. The van der Waals surface area contributed by atoms with E-state index in [4.69, 9.17) is 27.9 Å². The van der Waals surface area contributed by atoms with Gasteiger partial charge in [-0.2, -0.15) is 0 Å². The lowest BCUT2D eigenvalue weighted by atomic mass is 10.1. The van der Waals surface area contributed by atoms with E-state index in [2.05, 4.69) is 19.2 Å². The average Bonchev–Trinajstić information content (AvgIpc) is 2.29. The Balaban J connectivity index is 2.62. The van der Waals surface area contributed by atoms with Gasteiger partial charge < -0.3 is 10.1 Å². The van der Waals surface area contributed by atoms with Gasteiger partial charge in [-0.25, -0.2) is 0 Å². The minimum absolute atomic E-state index is 0.0602. The molecule has 1 rings (SSSR count). The molecule has 0 atom stereocenters. The smallest absolute Gasteiger partial charge is 0.156 e. The first-order valence-electron chi connectivity index (χ1n) is 6.75. The van der Waals surface area contributed by atoms with Crippen molar-refractivity contribution in [1.29, 1.82) is 0 Å². The van der Waals surface area contributed by atoms with E-state index in [0.29, 0.717) is 21.7 Å². The summed E-state index contributed by atoms with van der Waals surface area (Å²) in [6.07, 6.45) is 1.22. The zero-order chi connectivity index (χ0) is 14.4. The predicted molar refractivity (Wildman–Crippen MR) is 83.4 cm³/mol. The first kappa shape index (κ1) is 16.6. The monoisotopic (exact) mass is 303 g/mol. The van der Waals surface area contributed by atoms with Crippen LogP contribution in [0.2, 0.25) is 10.0 Å². The minimum Gasteiger partial charge on any atom is -0.488 e. The van der Waals surface area contributed by atoms with Crippen LogP contribution in [-0.4, -0.2) is 12.6 Å². The number of hydrogen-bond acceptors (Lipinski definition) is 2. The zero-order valence-electron chi connectivity index (χ0n) is 12.1. The highest BCUT2D eigenvalue weighted by Crippen LogP contribution is 2.34. The van der Waals surface area contributed by atoms with Crippen LogP contribution in [0.15, 0.2) is 12.1 Å². The molecule has 1 N–H and O–H groups in total. The molecule has 0 unspecified atom stereocenters. The summed E-state index contributed by atoms with van der Waals surface area (Å²) >= 11 is 12.4. The van der Waals surface area contributed by atoms with Crippen LogP contribution < -0.4 is 10.1 Å². The first-order chi connectivity index (χ1) is 8.90. The molecule has 0 saturated heterocycles. The summed E-state index contributed by atoms with van der Waals surface area (Å²) in [6, 6.07) is 3.82. The second-order valence-electron chi connectivity index (χ2n) is 5.41. The SMILES string of the molecule is CC(C)CCNCc1cc(Cl)c(OC(C)C)c(Cl)c1. The Kier molecular flexibility index (Phi) is 6.98. The summed E-state index contributed by atoms with van der Waals surface area (Å²) in [4.78, 5) is 0.